The fraction of sp³-hybridized carbons (Fsp3) is 0.400. The van der Waals surface area contributed by atoms with E-state index < -0.39 is 0 Å². The molecule has 3 rings (SSSR count). The first-order chi connectivity index (χ1) is 9.13. The average Bonchev–Trinajstić information content (AvgIpc) is 2.73. The molecule has 0 aliphatic carbocycles. The lowest BCUT2D eigenvalue weighted by molar-refractivity contribution is -0.130. The van der Waals surface area contributed by atoms with E-state index in [1.807, 2.05) is 17.0 Å². The Kier molecular flexibility index (Phi) is 3.55. The maximum atomic E-state index is 11.8. The van der Waals surface area contributed by atoms with E-state index in [2.05, 4.69) is 0 Å². The van der Waals surface area contributed by atoms with Crippen LogP contribution in [0.4, 0.5) is 0 Å². The summed E-state index contributed by atoms with van der Waals surface area (Å²) in [6.45, 7) is 0.845. The van der Waals surface area contributed by atoms with Gasteiger partial charge in [0.25, 0.3) is 0 Å². The smallest absolute Gasteiger partial charge is 0.226 e. The van der Waals surface area contributed by atoms with E-state index in [9.17, 15) is 4.79 Å². The molecule has 2 aliphatic heterocycles. The van der Waals surface area contributed by atoms with Gasteiger partial charge in [0.1, 0.15) is 0 Å². The van der Waals surface area contributed by atoms with Gasteiger partial charge in [0.15, 0.2) is 0 Å². The first-order valence-corrected chi connectivity index (χ1v) is 7.35. The zero-order valence-corrected chi connectivity index (χ0v) is 12.1. The average molecular weight is 296 g/mol. The lowest BCUT2D eigenvalue weighted by Gasteiger charge is -2.25. The highest BCUT2D eigenvalue weighted by Crippen LogP contribution is 2.34. The molecule has 2 nitrogen and oxygen atoms in total. The van der Waals surface area contributed by atoms with E-state index in [1.54, 1.807) is 6.07 Å². The molecule has 0 atom stereocenters. The SMILES string of the molecule is O=C1CCCC2=C(Cc3cc(Cl)cc(Cl)c3)CCN12. The van der Waals surface area contributed by atoms with E-state index in [0.717, 1.165) is 37.8 Å². The van der Waals surface area contributed by atoms with Gasteiger partial charge in [0.05, 0.1) is 0 Å². The highest BCUT2D eigenvalue weighted by Gasteiger charge is 2.29. The van der Waals surface area contributed by atoms with Gasteiger partial charge in [-0.05, 0) is 55.0 Å². The summed E-state index contributed by atoms with van der Waals surface area (Å²) < 4.78 is 0. The number of allylic oxidation sites excluding steroid dienone is 1. The van der Waals surface area contributed by atoms with E-state index in [4.69, 9.17) is 23.2 Å². The minimum Gasteiger partial charge on any atom is -0.316 e. The molecule has 1 fully saturated rings. The topological polar surface area (TPSA) is 20.3 Å². The molecule has 100 valence electrons. The number of carbonyl (C=O) groups excluding carboxylic acids is 1. The van der Waals surface area contributed by atoms with Crippen LogP contribution in [-0.2, 0) is 11.2 Å². The van der Waals surface area contributed by atoms with Crippen molar-refractivity contribution >= 4 is 29.1 Å². The summed E-state index contributed by atoms with van der Waals surface area (Å²) in [5.41, 5.74) is 3.73. The van der Waals surface area contributed by atoms with Gasteiger partial charge in [0, 0.05) is 28.7 Å². The standard InChI is InChI=1S/C15H15Cl2NO/c16-12-7-10(8-13(17)9-12)6-11-4-5-18-14(11)2-1-3-15(18)19/h7-9H,1-6H2. The van der Waals surface area contributed by atoms with Crippen LogP contribution in [0, 0.1) is 0 Å². The Morgan fingerprint density at radius 2 is 1.79 bits per heavy atom. The van der Waals surface area contributed by atoms with Crippen molar-refractivity contribution in [1.29, 1.82) is 0 Å². The van der Waals surface area contributed by atoms with Crippen LogP contribution in [0.1, 0.15) is 31.2 Å². The van der Waals surface area contributed by atoms with Gasteiger partial charge in [-0.15, -0.1) is 0 Å². The Morgan fingerprint density at radius 1 is 1.05 bits per heavy atom. The Morgan fingerprint density at radius 3 is 2.53 bits per heavy atom. The van der Waals surface area contributed by atoms with Gasteiger partial charge in [0.2, 0.25) is 5.91 Å². The Bertz CT molecular complexity index is 545. The van der Waals surface area contributed by atoms with E-state index in [0.29, 0.717) is 16.5 Å². The minimum absolute atomic E-state index is 0.278. The first kappa shape index (κ1) is 13.0. The maximum absolute atomic E-state index is 11.8. The van der Waals surface area contributed by atoms with Gasteiger partial charge in [-0.25, -0.2) is 0 Å². The number of carbonyl (C=O) groups is 1. The zero-order valence-electron chi connectivity index (χ0n) is 10.6. The Hall–Kier alpha value is -0.990. The summed E-state index contributed by atoms with van der Waals surface area (Å²) in [4.78, 5) is 13.8. The molecule has 0 radical (unpaired) electrons. The number of fused-ring (bicyclic) bond motifs is 1. The number of hydrogen-bond donors (Lipinski definition) is 0. The molecule has 0 unspecified atom stereocenters. The summed E-state index contributed by atoms with van der Waals surface area (Å²) in [7, 11) is 0. The lowest BCUT2D eigenvalue weighted by Crippen LogP contribution is -2.31. The fourth-order valence-corrected chi connectivity index (χ4v) is 3.57. The number of hydrogen-bond acceptors (Lipinski definition) is 1. The number of benzene rings is 1. The predicted octanol–water partition coefficient (Wildman–Crippen LogP) is 4.21. The van der Waals surface area contributed by atoms with Gasteiger partial charge in [-0.1, -0.05) is 23.2 Å². The third-order valence-corrected chi connectivity index (χ3v) is 4.25. The molecular formula is C15H15Cl2NO. The molecule has 0 N–H and O–H groups in total. The number of piperidine rings is 1. The molecule has 0 saturated carbocycles. The summed E-state index contributed by atoms with van der Waals surface area (Å²) >= 11 is 12.1. The Balaban J connectivity index is 1.86. The third kappa shape index (κ3) is 2.65. The van der Waals surface area contributed by atoms with Gasteiger partial charge < -0.3 is 4.90 Å². The molecule has 2 aliphatic rings. The molecule has 0 bridgehead atoms. The molecule has 0 spiro atoms. The van der Waals surface area contributed by atoms with Crippen LogP contribution in [0.3, 0.4) is 0 Å². The molecule has 2 heterocycles. The van der Waals surface area contributed by atoms with Crippen molar-refractivity contribution in [2.45, 2.75) is 32.1 Å². The second-order valence-electron chi connectivity index (χ2n) is 5.15. The zero-order chi connectivity index (χ0) is 13.4. The number of halogens is 2. The number of nitrogens with zero attached hydrogens (tertiary/aromatic N) is 1. The third-order valence-electron chi connectivity index (χ3n) is 3.82. The van der Waals surface area contributed by atoms with Crippen molar-refractivity contribution in [3.05, 3.63) is 45.1 Å². The van der Waals surface area contributed by atoms with Gasteiger partial charge >= 0.3 is 0 Å². The summed E-state index contributed by atoms with van der Waals surface area (Å²) in [5.74, 6) is 0.278. The van der Waals surface area contributed by atoms with Crippen LogP contribution in [0.5, 0.6) is 0 Å². The molecule has 4 heteroatoms. The molecule has 1 saturated heterocycles. The molecule has 0 aromatic heterocycles. The quantitative estimate of drug-likeness (QED) is 0.800. The summed E-state index contributed by atoms with van der Waals surface area (Å²) in [5, 5.41) is 1.34. The fourth-order valence-electron chi connectivity index (χ4n) is 3.00. The van der Waals surface area contributed by atoms with Crippen LogP contribution >= 0.6 is 23.2 Å². The van der Waals surface area contributed by atoms with Crippen molar-refractivity contribution in [2.24, 2.45) is 0 Å². The van der Waals surface area contributed by atoms with Gasteiger partial charge in [-0.2, -0.15) is 0 Å². The second kappa shape index (κ2) is 5.18. The van der Waals surface area contributed by atoms with Crippen LogP contribution in [-0.4, -0.2) is 17.4 Å². The normalized spacial score (nSPS) is 19.1. The number of amides is 1. The molecule has 1 aromatic rings. The second-order valence-corrected chi connectivity index (χ2v) is 6.03. The molecule has 1 amide bonds. The summed E-state index contributed by atoms with van der Waals surface area (Å²) in [6, 6.07) is 5.65. The molecular weight excluding hydrogens is 281 g/mol. The van der Waals surface area contributed by atoms with E-state index >= 15 is 0 Å². The summed E-state index contributed by atoms with van der Waals surface area (Å²) in [6.07, 6.45) is 4.52. The minimum atomic E-state index is 0.278. The largest absolute Gasteiger partial charge is 0.316 e. The van der Waals surface area contributed by atoms with Crippen molar-refractivity contribution in [3.63, 3.8) is 0 Å². The van der Waals surface area contributed by atoms with Crippen LogP contribution in [0.25, 0.3) is 0 Å². The van der Waals surface area contributed by atoms with E-state index in [-0.39, 0.29) is 5.91 Å². The van der Waals surface area contributed by atoms with Crippen molar-refractivity contribution < 1.29 is 4.79 Å². The predicted molar refractivity (Wildman–Crippen MR) is 77.4 cm³/mol. The first-order valence-electron chi connectivity index (χ1n) is 6.60. The van der Waals surface area contributed by atoms with Crippen LogP contribution < -0.4 is 0 Å². The van der Waals surface area contributed by atoms with E-state index in [1.165, 1.54) is 11.3 Å². The maximum Gasteiger partial charge on any atom is 0.226 e. The van der Waals surface area contributed by atoms with Crippen molar-refractivity contribution in [1.82, 2.24) is 4.90 Å². The van der Waals surface area contributed by atoms with Crippen LogP contribution in [0.2, 0.25) is 10.0 Å². The number of rotatable bonds is 2. The molecule has 1 aromatic carbocycles. The lowest BCUT2D eigenvalue weighted by atomic mass is 9.99. The van der Waals surface area contributed by atoms with Crippen LogP contribution in [0.15, 0.2) is 29.5 Å². The highest BCUT2D eigenvalue weighted by molar-refractivity contribution is 6.34. The Labute approximate surface area is 123 Å². The monoisotopic (exact) mass is 295 g/mol. The van der Waals surface area contributed by atoms with Crippen molar-refractivity contribution in [2.75, 3.05) is 6.54 Å². The highest BCUT2D eigenvalue weighted by atomic mass is 35.5. The van der Waals surface area contributed by atoms with Crippen molar-refractivity contribution in [3.8, 4) is 0 Å². The molecule has 19 heavy (non-hydrogen) atoms. The van der Waals surface area contributed by atoms with Gasteiger partial charge in [-0.3, -0.25) is 4.79 Å².